The molecule has 0 bridgehead atoms. The zero-order valence-corrected chi connectivity index (χ0v) is 18.0. The summed E-state index contributed by atoms with van der Waals surface area (Å²) in [5.74, 6) is 0.835. The minimum Gasteiger partial charge on any atom is -0.497 e. The van der Waals surface area contributed by atoms with Crippen molar-refractivity contribution in [2.75, 3.05) is 12.4 Å². The third kappa shape index (κ3) is 4.08. The van der Waals surface area contributed by atoms with E-state index < -0.39 is 0 Å². The number of carbonyl (C=O) groups excluding carboxylic acids is 1. The SMILES string of the molecule is COc1ccc2oc(-c3ccc(NC(=O)Cc4noc5ccc(C)cc45)cc3)cc(=O)c2c1. The predicted octanol–water partition coefficient (Wildman–Crippen LogP) is 5.10. The van der Waals surface area contributed by atoms with Crippen molar-refractivity contribution in [2.24, 2.45) is 0 Å². The van der Waals surface area contributed by atoms with Crippen LogP contribution in [0.3, 0.4) is 0 Å². The third-order valence-corrected chi connectivity index (χ3v) is 5.42. The van der Waals surface area contributed by atoms with Gasteiger partial charge in [-0.25, -0.2) is 0 Å². The number of rotatable bonds is 5. The molecule has 0 spiro atoms. The standard InChI is InChI=1S/C26H20N2O5/c1-15-3-9-24-19(11-15)21(28-33-24)13-26(30)27-17-6-4-16(5-7-17)25-14-22(29)20-12-18(31-2)8-10-23(20)32-25/h3-12,14H,13H2,1-2H3,(H,27,30). The molecule has 33 heavy (non-hydrogen) atoms. The van der Waals surface area contributed by atoms with Crippen molar-refractivity contribution in [1.82, 2.24) is 5.16 Å². The van der Waals surface area contributed by atoms with E-state index in [2.05, 4.69) is 10.5 Å². The lowest BCUT2D eigenvalue weighted by atomic mass is 10.1. The van der Waals surface area contributed by atoms with Gasteiger partial charge < -0.3 is 19.0 Å². The largest absolute Gasteiger partial charge is 0.497 e. The average molecular weight is 440 g/mol. The van der Waals surface area contributed by atoms with Crippen LogP contribution in [0, 0.1) is 6.92 Å². The molecule has 164 valence electrons. The summed E-state index contributed by atoms with van der Waals surface area (Å²) in [5.41, 5.74) is 3.99. The highest BCUT2D eigenvalue weighted by atomic mass is 16.5. The zero-order chi connectivity index (χ0) is 22.9. The second-order valence-electron chi connectivity index (χ2n) is 7.77. The van der Waals surface area contributed by atoms with Crippen molar-refractivity contribution in [3.05, 3.63) is 88.2 Å². The van der Waals surface area contributed by atoms with Gasteiger partial charge in [-0.2, -0.15) is 0 Å². The first-order chi connectivity index (χ1) is 16.0. The number of hydrogen-bond acceptors (Lipinski definition) is 6. The van der Waals surface area contributed by atoms with Crippen LogP contribution in [0.1, 0.15) is 11.3 Å². The van der Waals surface area contributed by atoms with Gasteiger partial charge in [-0.1, -0.05) is 16.8 Å². The number of amides is 1. The van der Waals surface area contributed by atoms with Crippen LogP contribution in [-0.2, 0) is 11.2 Å². The number of anilines is 1. The van der Waals surface area contributed by atoms with E-state index in [9.17, 15) is 9.59 Å². The molecule has 3 aromatic carbocycles. The Morgan fingerprint density at radius 1 is 0.970 bits per heavy atom. The lowest BCUT2D eigenvalue weighted by Gasteiger charge is -2.07. The number of methoxy groups -OCH3 is 1. The summed E-state index contributed by atoms with van der Waals surface area (Å²) in [7, 11) is 1.55. The highest BCUT2D eigenvalue weighted by molar-refractivity contribution is 5.95. The number of aromatic nitrogens is 1. The monoisotopic (exact) mass is 440 g/mol. The molecule has 0 aliphatic rings. The third-order valence-electron chi connectivity index (χ3n) is 5.42. The van der Waals surface area contributed by atoms with Crippen LogP contribution in [-0.4, -0.2) is 18.2 Å². The van der Waals surface area contributed by atoms with Gasteiger partial charge in [0.05, 0.1) is 18.9 Å². The molecule has 0 unspecified atom stereocenters. The number of ether oxygens (including phenoxy) is 1. The predicted molar refractivity (Wildman–Crippen MR) is 126 cm³/mol. The molecule has 5 rings (SSSR count). The molecular formula is C26H20N2O5. The van der Waals surface area contributed by atoms with Gasteiger partial charge >= 0.3 is 0 Å². The maximum absolute atomic E-state index is 12.5. The molecule has 5 aromatic rings. The maximum atomic E-state index is 12.5. The summed E-state index contributed by atoms with van der Waals surface area (Å²) in [6, 6.07) is 19.4. The molecule has 0 saturated heterocycles. The van der Waals surface area contributed by atoms with Crippen molar-refractivity contribution in [1.29, 1.82) is 0 Å². The van der Waals surface area contributed by atoms with Crippen molar-refractivity contribution in [2.45, 2.75) is 13.3 Å². The highest BCUT2D eigenvalue weighted by Crippen LogP contribution is 2.26. The van der Waals surface area contributed by atoms with Crippen LogP contribution in [0.2, 0.25) is 0 Å². The van der Waals surface area contributed by atoms with E-state index in [0.717, 1.165) is 16.5 Å². The molecule has 2 aromatic heterocycles. The normalized spacial score (nSPS) is 11.1. The summed E-state index contributed by atoms with van der Waals surface area (Å²) < 4.78 is 16.4. The highest BCUT2D eigenvalue weighted by Gasteiger charge is 2.13. The van der Waals surface area contributed by atoms with Crippen molar-refractivity contribution in [3.8, 4) is 17.1 Å². The Morgan fingerprint density at radius 2 is 1.76 bits per heavy atom. The van der Waals surface area contributed by atoms with Crippen LogP contribution < -0.4 is 15.5 Å². The quantitative estimate of drug-likeness (QED) is 0.409. The number of fused-ring (bicyclic) bond motifs is 2. The Kier molecular flexibility index (Phi) is 5.14. The van der Waals surface area contributed by atoms with E-state index in [-0.39, 0.29) is 17.8 Å². The number of nitrogens with one attached hydrogen (secondary N) is 1. The summed E-state index contributed by atoms with van der Waals surface area (Å²) in [6.07, 6.45) is 0.0984. The Balaban J connectivity index is 1.33. The molecule has 0 radical (unpaired) electrons. The summed E-state index contributed by atoms with van der Waals surface area (Å²) >= 11 is 0. The van der Waals surface area contributed by atoms with Gasteiger partial charge in [0, 0.05) is 22.7 Å². The number of hydrogen-bond donors (Lipinski definition) is 1. The van der Waals surface area contributed by atoms with Gasteiger partial charge in [0.15, 0.2) is 11.0 Å². The second kappa shape index (κ2) is 8.27. The molecule has 7 heteroatoms. The van der Waals surface area contributed by atoms with Gasteiger partial charge in [-0.05, 0) is 61.5 Å². The van der Waals surface area contributed by atoms with Crippen molar-refractivity contribution in [3.63, 3.8) is 0 Å². The van der Waals surface area contributed by atoms with Crippen LogP contribution in [0.25, 0.3) is 33.3 Å². The fraction of sp³-hybridized carbons (Fsp3) is 0.115. The topological polar surface area (TPSA) is 94.6 Å². The average Bonchev–Trinajstić information content (AvgIpc) is 3.20. The second-order valence-corrected chi connectivity index (χ2v) is 7.77. The molecule has 0 fully saturated rings. The smallest absolute Gasteiger partial charge is 0.230 e. The summed E-state index contributed by atoms with van der Waals surface area (Å²) in [4.78, 5) is 25.1. The molecular weight excluding hydrogens is 420 g/mol. The molecule has 2 heterocycles. The number of aryl methyl sites for hydroxylation is 1. The van der Waals surface area contributed by atoms with Gasteiger partial charge in [0.25, 0.3) is 0 Å². The molecule has 0 aliphatic carbocycles. The van der Waals surface area contributed by atoms with Crippen molar-refractivity contribution < 1.29 is 18.5 Å². The van der Waals surface area contributed by atoms with Gasteiger partial charge in [0.1, 0.15) is 22.8 Å². The summed E-state index contributed by atoms with van der Waals surface area (Å²) in [6.45, 7) is 1.98. The van der Waals surface area contributed by atoms with E-state index in [4.69, 9.17) is 13.7 Å². The fourth-order valence-electron chi connectivity index (χ4n) is 3.71. The van der Waals surface area contributed by atoms with Gasteiger partial charge in [-0.15, -0.1) is 0 Å². The minimum atomic E-state index is -0.203. The summed E-state index contributed by atoms with van der Waals surface area (Å²) in [5, 5.41) is 8.19. The van der Waals surface area contributed by atoms with E-state index in [1.54, 1.807) is 49.6 Å². The lowest BCUT2D eigenvalue weighted by molar-refractivity contribution is -0.115. The van der Waals surface area contributed by atoms with E-state index >= 15 is 0 Å². The van der Waals surface area contributed by atoms with Crippen LogP contribution in [0.5, 0.6) is 5.75 Å². The minimum absolute atomic E-state index is 0.0984. The lowest BCUT2D eigenvalue weighted by Crippen LogP contribution is -2.14. The number of carbonyl (C=O) groups is 1. The molecule has 0 aliphatic heterocycles. The Bertz CT molecular complexity index is 1550. The molecule has 1 amide bonds. The van der Waals surface area contributed by atoms with E-state index in [1.807, 2.05) is 25.1 Å². The van der Waals surface area contributed by atoms with Gasteiger partial charge in [-0.3, -0.25) is 9.59 Å². The fourth-order valence-corrected chi connectivity index (χ4v) is 3.71. The first kappa shape index (κ1) is 20.5. The van der Waals surface area contributed by atoms with E-state index in [1.165, 1.54) is 6.07 Å². The Hall–Kier alpha value is -4.39. The molecule has 7 nitrogen and oxygen atoms in total. The zero-order valence-electron chi connectivity index (χ0n) is 18.0. The van der Waals surface area contributed by atoms with Gasteiger partial charge in [0.2, 0.25) is 5.91 Å². The number of benzene rings is 3. The number of nitrogens with zero attached hydrogens (tertiary/aromatic N) is 1. The molecule has 1 N–H and O–H groups in total. The van der Waals surface area contributed by atoms with E-state index in [0.29, 0.717) is 39.4 Å². The van der Waals surface area contributed by atoms with Crippen molar-refractivity contribution >= 4 is 33.5 Å². The first-order valence-corrected chi connectivity index (χ1v) is 10.4. The van der Waals surface area contributed by atoms with Crippen LogP contribution in [0.4, 0.5) is 5.69 Å². The first-order valence-electron chi connectivity index (χ1n) is 10.4. The maximum Gasteiger partial charge on any atom is 0.230 e. The molecule has 0 saturated carbocycles. The Labute approximate surface area is 188 Å². The van der Waals surface area contributed by atoms with Crippen LogP contribution in [0.15, 0.2) is 80.5 Å². The molecule has 0 atom stereocenters. The Morgan fingerprint density at radius 3 is 2.55 bits per heavy atom. The van der Waals surface area contributed by atoms with Crippen LogP contribution >= 0.6 is 0 Å².